The van der Waals surface area contributed by atoms with Crippen LogP contribution in [0.25, 0.3) is 0 Å². The van der Waals surface area contributed by atoms with Crippen LogP contribution in [-0.4, -0.2) is 29.6 Å². The molecule has 2 heteroatoms. The monoisotopic (exact) mass is 154 g/mol. The molecule has 2 aliphatic rings. The minimum atomic E-state index is 0.430. The third kappa shape index (κ3) is 0.926. The Morgan fingerprint density at radius 1 is 1.55 bits per heavy atom. The van der Waals surface area contributed by atoms with Crippen molar-refractivity contribution in [2.45, 2.75) is 44.2 Å². The summed E-state index contributed by atoms with van der Waals surface area (Å²) in [4.78, 5) is 2.63. The van der Waals surface area contributed by atoms with E-state index in [9.17, 15) is 0 Å². The third-order valence-electron chi connectivity index (χ3n) is 3.59. The summed E-state index contributed by atoms with van der Waals surface area (Å²) >= 11 is 0. The van der Waals surface area contributed by atoms with Gasteiger partial charge in [0.1, 0.15) is 0 Å². The maximum absolute atomic E-state index is 5.83. The molecule has 64 valence electrons. The van der Waals surface area contributed by atoms with Crippen molar-refractivity contribution in [1.82, 2.24) is 4.90 Å². The lowest BCUT2D eigenvalue weighted by atomic mass is 9.94. The van der Waals surface area contributed by atoms with Gasteiger partial charge in [0.25, 0.3) is 0 Å². The van der Waals surface area contributed by atoms with E-state index in [1.165, 1.54) is 32.2 Å². The molecule has 0 aromatic heterocycles. The SMILES string of the molecule is C[C@H]1CC[C@]2(CN)CCCN12. The van der Waals surface area contributed by atoms with Crippen LogP contribution >= 0.6 is 0 Å². The molecule has 2 rings (SSSR count). The second-order valence-electron chi connectivity index (χ2n) is 4.11. The van der Waals surface area contributed by atoms with Gasteiger partial charge in [0.2, 0.25) is 0 Å². The summed E-state index contributed by atoms with van der Waals surface area (Å²) in [5.41, 5.74) is 6.26. The molecular formula is C9H18N2. The minimum absolute atomic E-state index is 0.430. The van der Waals surface area contributed by atoms with E-state index < -0.39 is 0 Å². The van der Waals surface area contributed by atoms with Crippen LogP contribution in [0.5, 0.6) is 0 Å². The van der Waals surface area contributed by atoms with Gasteiger partial charge in [0.05, 0.1) is 0 Å². The molecule has 0 saturated carbocycles. The molecule has 0 radical (unpaired) electrons. The fourth-order valence-corrected chi connectivity index (χ4v) is 2.87. The predicted octanol–water partition coefficient (Wildman–Crippen LogP) is 0.962. The zero-order valence-electron chi connectivity index (χ0n) is 7.34. The Balaban J connectivity index is 2.18. The first-order valence-corrected chi connectivity index (χ1v) is 4.75. The zero-order valence-corrected chi connectivity index (χ0v) is 7.34. The molecule has 2 nitrogen and oxygen atoms in total. The van der Waals surface area contributed by atoms with Gasteiger partial charge >= 0.3 is 0 Å². The Bertz CT molecular complexity index is 158. The van der Waals surface area contributed by atoms with Gasteiger partial charge < -0.3 is 5.73 Å². The van der Waals surface area contributed by atoms with Crippen molar-refractivity contribution in [3.8, 4) is 0 Å². The molecule has 0 bridgehead atoms. The van der Waals surface area contributed by atoms with Crippen LogP contribution in [0.2, 0.25) is 0 Å². The van der Waals surface area contributed by atoms with Crippen LogP contribution in [0.4, 0.5) is 0 Å². The maximum Gasteiger partial charge on any atom is 0.0335 e. The highest BCUT2D eigenvalue weighted by Crippen LogP contribution is 2.41. The van der Waals surface area contributed by atoms with Gasteiger partial charge in [0.15, 0.2) is 0 Å². The van der Waals surface area contributed by atoms with Gasteiger partial charge in [-0.15, -0.1) is 0 Å². The van der Waals surface area contributed by atoms with Crippen molar-refractivity contribution in [2.75, 3.05) is 13.1 Å². The summed E-state index contributed by atoms with van der Waals surface area (Å²) in [5, 5.41) is 0. The molecule has 2 heterocycles. The molecule has 0 amide bonds. The first-order valence-electron chi connectivity index (χ1n) is 4.75. The summed E-state index contributed by atoms with van der Waals surface area (Å²) < 4.78 is 0. The standard InChI is InChI=1S/C9H18N2/c1-8-3-5-9(7-10)4-2-6-11(8)9/h8H,2-7,10H2,1H3/t8-,9-/m0/s1. The van der Waals surface area contributed by atoms with E-state index in [2.05, 4.69) is 11.8 Å². The number of rotatable bonds is 1. The normalized spacial score (nSPS) is 44.7. The number of hydrogen-bond donors (Lipinski definition) is 1. The average molecular weight is 154 g/mol. The molecule has 0 spiro atoms. The van der Waals surface area contributed by atoms with Crippen molar-refractivity contribution in [3.05, 3.63) is 0 Å². The van der Waals surface area contributed by atoms with Gasteiger partial charge in [-0.05, 0) is 39.2 Å². The largest absolute Gasteiger partial charge is 0.329 e. The molecule has 0 unspecified atom stereocenters. The van der Waals surface area contributed by atoms with E-state index in [0.717, 1.165) is 12.6 Å². The minimum Gasteiger partial charge on any atom is -0.329 e. The smallest absolute Gasteiger partial charge is 0.0335 e. The molecule has 0 aromatic carbocycles. The Labute approximate surface area is 68.7 Å². The van der Waals surface area contributed by atoms with Crippen molar-refractivity contribution in [1.29, 1.82) is 0 Å². The fourth-order valence-electron chi connectivity index (χ4n) is 2.87. The Morgan fingerprint density at radius 3 is 3.00 bits per heavy atom. The van der Waals surface area contributed by atoms with Gasteiger partial charge in [0, 0.05) is 18.1 Å². The second-order valence-corrected chi connectivity index (χ2v) is 4.11. The summed E-state index contributed by atoms with van der Waals surface area (Å²) in [6, 6.07) is 0.793. The summed E-state index contributed by atoms with van der Waals surface area (Å²) in [7, 11) is 0. The summed E-state index contributed by atoms with van der Waals surface area (Å²) in [6.07, 6.45) is 5.40. The van der Waals surface area contributed by atoms with E-state index in [1.54, 1.807) is 0 Å². The fraction of sp³-hybridized carbons (Fsp3) is 1.00. The highest BCUT2D eigenvalue weighted by molar-refractivity contribution is 5.03. The lowest BCUT2D eigenvalue weighted by Crippen LogP contribution is -2.46. The Hall–Kier alpha value is -0.0800. The Kier molecular flexibility index (Phi) is 1.69. The number of fused-ring (bicyclic) bond motifs is 1. The topological polar surface area (TPSA) is 29.3 Å². The van der Waals surface area contributed by atoms with E-state index in [1.807, 2.05) is 0 Å². The summed E-state index contributed by atoms with van der Waals surface area (Å²) in [5.74, 6) is 0. The van der Waals surface area contributed by atoms with Crippen molar-refractivity contribution in [2.24, 2.45) is 5.73 Å². The van der Waals surface area contributed by atoms with E-state index in [0.29, 0.717) is 5.54 Å². The van der Waals surface area contributed by atoms with Gasteiger partial charge in [-0.1, -0.05) is 0 Å². The molecular weight excluding hydrogens is 136 g/mol. The van der Waals surface area contributed by atoms with E-state index >= 15 is 0 Å². The summed E-state index contributed by atoms with van der Waals surface area (Å²) in [6.45, 7) is 4.50. The molecule has 2 saturated heterocycles. The molecule has 0 aromatic rings. The van der Waals surface area contributed by atoms with Crippen LogP contribution in [0.1, 0.15) is 32.6 Å². The Morgan fingerprint density at radius 2 is 2.36 bits per heavy atom. The third-order valence-corrected chi connectivity index (χ3v) is 3.59. The predicted molar refractivity (Wildman–Crippen MR) is 46.4 cm³/mol. The highest BCUT2D eigenvalue weighted by atomic mass is 15.3. The van der Waals surface area contributed by atoms with Crippen LogP contribution in [0.15, 0.2) is 0 Å². The van der Waals surface area contributed by atoms with Gasteiger partial charge in [-0.2, -0.15) is 0 Å². The first kappa shape index (κ1) is 7.56. The van der Waals surface area contributed by atoms with E-state index in [4.69, 9.17) is 5.73 Å². The average Bonchev–Trinajstić information content (AvgIpc) is 2.53. The van der Waals surface area contributed by atoms with Gasteiger partial charge in [-0.3, -0.25) is 4.90 Å². The van der Waals surface area contributed by atoms with Crippen molar-refractivity contribution < 1.29 is 0 Å². The quantitative estimate of drug-likeness (QED) is 0.609. The highest BCUT2D eigenvalue weighted by Gasteiger charge is 2.46. The lowest BCUT2D eigenvalue weighted by Gasteiger charge is -2.32. The second kappa shape index (κ2) is 2.46. The molecule has 2 N–H and O–H groups in total. The molecule has 0 aliphatic carbocycles. The lowest BCUT2D eigenvalue weighted by molar-refractivity contribution is 0.165. The van der Waals surface area contributed by atoms with E-state index in [-0.39, 0.29) is 0 Å². The van der Waals surface area contributed by atoms with Gasteiger partial charge in [-0.25, -0.2) is 0 Å². The van der Waals surface area contributed by atoms with Crippen LogP contribution in [-0.2, 0) is 0 Å². The molecule has 2 atom stereocenters. The number of nitrogens with two attached hydrogens (primary N) is 1. The number of hydrogen-bond acceptors (Lipinski definition) is 2. The maximum atomic E-state index is 5.83. The molecule has 2 fully saturated rings. The van der Waals surface area contributed by atoms with Crippen molar-refractivity contribution >= 4 is 0 Å². The number of nitrogens with zero attached hydrogens (tertiary/aromatic N) is 1. The van der Waals surface area contributed by atoms with Crippen molar-refractivity contribution in [3.63, 3.8) is 0 Å². The van der Waals surface area contributed by atoms with Crippen LogP contribution in [0, 0.1) is 0 Å². The molecule has 11 heavy (non-hydrogen) atoms. The van der Waals surface area contributed by atoms with Crippen LogP contribution in [0.3, 0.4) is 0 Å². The zero-order chi connectivity index (χ0) is 7.90. The first-order chi connectivity index (χ1) is 5.28. The van der Waals surface area contributed by atoms with Crippen LogP contribution < -0.4 is 5.73 Å². The molecule has 2 aliphatic heterocycles.